The van der Waals surface area contributed by atoms with Crippen molar-refractivity contribution in [3.8, 4) is 0 Å². The van der Waals surface area contributed by atoms with E-state index in [0.717, 1.165) is 47.9 Å². The molecular formula is C35H39N3O5. The molecule has 3 aromatic carbocycles. The summed E-state index contributed by atoms with van der Waals surface area (Å²) in [6, 6.07) is 23.2. The van der Waals surface area contributed by atoms with Crippen LogP contribution in [0.4, 0.5) is 5.69 Å². The van der Waals surface area contributed by atoms with Gasteiger partial charge in [-0.05, 0) is 79.0 Å². The molecule has 1 heterocycles. The van der Waals surface area contributed by atoms with E-state index in [9.17, 15) is 19.5 Å². The van der Waals surface area contributed by atoms with Crippen LogP contribution in [0.2, 0.25) is 0 Å². The molecule has 1 unspecified atom stereocenters. The quantitative estimate of drug-likeness (QED) is 0.160. The van der Waals surface area contributed by atoms with Crippen molar-refractivity contribution in [2.24, 2.45) is 11.3 Å². The fourth-order valence-corrected chi connectivity index (χ4v) is 6.47. The number of anilines is 1. The van der Waals surface area contributed by atoms with Gasteiger partial charge < -0.3 is 15.2 Å². The second-order valence-corrected chi connectivity index (χ2v) is 12.8. The summed E-state index contributed by atoms with van der Waals surface area (Å²) in [5.74, 6) is -1.95. The molecule has 0 spiro atoms. The molecule has 8 nitrogen and oxygen atoms in total. The van der Waals surface area contributed by atoms with Crippen molar-refractivity contribution in [1.29, 1.82) is 0 Å². The van der Waals surface area contributed by atoms with E-state index in [2.05, 4.69) is 10.4 Å². The average molecular weight is 582 g/mol. The molecule has 224 valence electrons. The summed E-state index contributed by atoms with van der Waals surface area (Å²) in [5.41, 5.74) is 3.74. The van der Waals surface area contributed by atoms with Crippen molar-refractivity contribution in [1.82, 2.24) is 9.78 Å². The molecule has 3 N–H and O–H groups in total. The molecule has 2 aliphatic carbocycles. The number of ether oxygens (including phenoxy) is 1. The smallest absolute Gasteiger partial charge is 0.314 e. The minimum Gasteiger partial charge on any atom is -0.433 e. The Morgan fingerprint density at radius 2 is 1.74 bits per heavy atom. The zero-order valence-electron chi connectivity index (χ0n) is 24.8. The summed E-state index contributed by atoms with van der Waals surface area (Å²) in [6.07, 6.45) is 6.19. The number of H-pyrrole nitrogens is 1. The van der Waals surface area contributed by atoms with Gasteiger partial charge in [0.15, 0.2) is 0 Å². The second-order valence-electron chi connectivity index (χ2n) is 12.8. The van der Waals surface area contributed by atoms with Gasteiger partial charge in [-0.2, -0.15) is 0 Å². The van der Waals surface area contributed by atoms with Crippen molar-refractivity contribution in [3.63, 3.8) is 0 Å². The maximum Gasteiger partial charge on any atom is 0.314 e. The largest absolute Gasteiger partial charge is 0.433 e. The fraction of sp³-hybridized carbons (Fsp3) is 0.400. The number of rotatable bonds is 10. The number of fused-ring (bicyclic) bond motifs is 1. The van der Waals surface area contributed by atoms with Gasteiger partial charge in [-0.25, -0.2) is 4.68 Å². The lowest BCUT2D eigenvalue weighted by molar-refractivity contribution is -0.201. The second kappa shape index (κ2) is 11.5. The number of benzene rings is 3. The van der Waals surface area contributed by atoms with Crippen molar-refractivity contribution in [3.05, 3.63) is 99.8 Å². The van der Waals surface area contributed by atoms with Crippen LogP contribution in [0.25, 0.3) is 10.9 Å². The summed E-state index contributed by atoms with van der Waals surface area (Å²) in [6.45, 7) is 3.33. The summed E-state index contributed by atoms with van der Waals surface area (Å²) >= 11 is 0. The van der Waals surface area contributed by atoms with E-state index >= 15 is 0 Å². The highest BCUT2D eigenvalue weighted by molar-refractivity contribution is 5.96. The first kappa shape index (κ1) is 28.9. The fourth-order valence-electron chi connectivity index (χ4n) is 6.47. The summed E-state index contributed by atoms with van der Waals surface area (Å²) < 4.78 is 6.87. The molecule has 6 rings (SSSR count). The normalized spacial score (nSPS) is 17.1. The van der Waals surface area contributed by atoms with Gasteiger partial charge in [0.1, 0.15) is 0 Å². The van der Waals surface area contributed by atoms with E-state index in [0.29, 0.717) is 36.9 Å². The van der Waals surface area contributed by atoms with Gasteiger partial charge in [-0.15, -0.1) is 0 Å². The standard InChI is InChI=1S/C35H39N3O5/c1-34(2,42)43-33(41)35(18-19-35)21-24-8-7-11-27(20-24)36-31(39)30(25-9-3-4-10-25)26-16-14-23(15-17-26)22-38-32(40)28-12-5-6-13-29(28)37-38/h5-8,11-17,20,25,30,37,42H,3-4,9-10,18-19,21-22H2,1-2H3,(H,36,39). The Hall–Kier alpha value is -4.17. The molecule has 2 fully saturated rings. The van der Waals surface area contributed by atoms with Crippen LogP contribution in [-0.4, -0.2) is 32.6 Å². The molecular weight excluding hydrogens is 542 g/mol. The predicted octanol–water partition coefficient (Wildman–Crippen LogP) is 5.88. The number of aromatic amines is 1. The van der Waals surface area contributed by atoms with Gasteiger partial charge >= 0.3 is 5.97 Å². The molecule has 1 aromatic heterocycles. The lowest BCUT2D eigenvalue weighted by atomic mass is 9.83. The van der Waals surface area contributed by atoms with Crippen molar-refractivity contribution in [2.45, 2.75) is 77.0 Å². The molecule has 8 heteroatoms. The maximum atomic E-state index is 13.8. The minimum absolute atomic E-state index is 0.0359. The van der Waals surface area contributed by atoms with E-state index in [1.54, 1.807) is 4.68 Å². The zero-order chi connectivity index (χ0) is 30.2. The van der Waals surface area contributed by atoms with Crippen molar-refractivity contribution in [2.75, 3.05) is 5.32 Å². The van der Waals surface area contributed by atoms with Crippen LogP contribution in [0.5, 0.6) is 0 Å². The maximum absolute atomic E-state index is 13.8. The number of hydrogen-bond donors (Lipinski definition) is 3. The van der Waals surface area contributed by atoms with E-state index < -0.39 is 11.2 Å². The van der Waals surface area contributed by atoms with E-state index in [-0.39, 0.29) is 29.3 Å². The highest BCUT2D eigenvalue weighted by Crippen LogP contribution is 2.50. The lowest BCUT2D eigenvalue weighted by Gasteiger charge is -2.24. The van der Waals surface area contributed by atoms with E-state index in [1.807, 2.05) is 72.8 Å². The van der Waals surface area contributed by atoms with Gasteiger partial charge in [0, 0.05) is 19.5 Å². The Balaban J connectivity index is 1.17. The molecule has 2 aliphatic rings. The Morgan fingerprint density at radius 3 is 2.42 bits per heavy atom. The molecule has 1 atom stereocenters. The van der Waals surface area contributed by atoms with Gasteiger partial charge in [-0.1, -0.05) is 61.4 Å². The number of nitrogens with zero attached hydrogens (tertiary/aromatic N) is 1. The average Bonchev–Trinajstić information content (AvgIpc) is 3.42. The molecule has 0 radical (unpaired) electrons. The number of carbonyl (C=O) groups is 2. The lowest BCUT2D eigenvalue weighted by Crippen LogP contribution is -2.33. The summed E-state index contributed by atoms with van der Waals surface area (Å²) in [7, 11) is 0. The molecule has 4 aromatic rings. The number of aliphatic hydroxyl groups is 1. The molecule has 0 aliphatic heterocycles. The molecule has 43 heavy (non-hydrogen) atoms. The number of carbonyl (C=O) groups excluding carboxylic acids is 2. The summed E-state index contributed by atoms with van der Waals surface area (Å²) in [5, 5.41) is 17.0. The number of aromatic nitrogens is 2. The van der Waals surface area contributed by atoms with Gasteiger partial charge in [0.25, 0.3) is 5.56 Å². The molecule has 0 saturated heterocycles. The highest BCUT2D eigenvalue weighted by atomic mass is 16.7. The number of para-hydroxylation sites is 1. The van der Waals surface area contributed by atoms with Crippen LogP contribution >= 0.6 is 0 Å². The van der Waals surface area contributed by atoms with E-state index in [1.165, 1.54) is 13.8 Å². The van der Waals surface area contributed by atoms with Gasteiger partial charge in [0.05, 0.1) is 28.8 Å². The topological polar surface area (TPSA) is 113 Å². The zero-order valence-corrected chi connectivity index (χ0v) is 24.8. The van der Waals surface area contributed by atoms with Crippen LogP contribution in [0.1, 0.15) is 75.0 Å². The molecule has 2 saturated carbocycles. The summed E-state index contributed by atoms with van der Waals surface area (Å²) in [4.78, 5) is 39.3. The van der Waals surface area contributed by atoms with Crippen molar-refractivity contribution < 1.29 is 19.4 Å². The monoisotopic (exact) mass is 581 g/mol. The van der Waals surface area contributed by atoms with Crippen LogP contribution in [0.3, 0.4) is 0 Å². The third-order valence-electron chi connectivity index (χ3n) is 8.86. The van der Waals surface area contributed by atoms with Crippen molar-refractivity contribution >= 4 is 28.5 Å². The van der Waals surface area contributed by atoms with Crippen LogP contribution in [0, 0.1) is 11.3 Å². The SMILES string of the molecule is CC(C)(O)OC(=O)C1(Cc2cccc(NC(=O)C(c3ccc(Cn4[nH]c5ccccc5c4=O)cc3)C3CCCC3)c2)CC1. The van der Waals surface area contributed by atoms with Crippen LogP contribution in [-0.2, 0) is 27.3 Å². The van der Waals surface area contributed by atoms with Gasteiger partial charge in [-0.3, -0.25) is 19.5 Å². The predicted molar refractivity (Wildman–Crippen MR) is 166 cm³/mol. The Kier molecular flexibility index (Phi) is 7.73. The number of amides is 1. The third kappa shape index (κ3) is 6.44. The van der Waals surface area contributed by atoms with E-state index in [4.69, 9.17) is 4.74 Å². The van der Waals surface area contributed by atoms with Gasteiger partial charge in [0.2, 0.25) is 11.7 Å². The number of esters is 1. The first-order valence-electron chi connectivity index (χ1n) is 15.2. The molecule has 1 amide bonds. The van der Waals surface area contributed by atoms with Crippen LogP contribution < -0.4 is 10.9 Å². The first-order valence-corrected chi connectivity index (χ1v) is 15.2. The minimum atomic E-state index is -1.51. The number of nitrogens with one attached hydrogen (secondary N) is 2. The highest BCUT2D eigenvalue weighted by Gasteiger charge is 2.52. The Bertz CT molecular complexity index is 1680. The first-order chi connectivity index (χ1) is 20.6. The third-order valence-corrected chi connectivity index (χ3v) is 8.86. The Morgan fingerprint density at radius 1 is 1.02 bits per heavy atom. The Labute approximate surface area is 251 Å². The number of hydrogen-bond acceptors (Lipinski definition) is 5. The van der Waals surface area contributed by atoms with Crippen LogP contribution in [0.15, 0.2) is 77.6 Å². The molecule has 0 bridgehead atoms.